The number of ether oxygens (including phenoxy) is 1. The molecule has 10 heteroatoms. The number of rotatable bonds is 11. The highest BCUT2D eigenvalue weighted by atomic mass is 32.2. The summed E-state index contributed by atoms with van der Waals surface area (Å²) in [4.78, 5) is 22.1. The minimum atomic E-state index is -4.00. The molecule has 0 aromatic heterocycles. The van der Waals surface area contributed by atoms with Crippen LogP contribution in [0, 0.1) is 16.0 Å². The summed E-state index contributed by atoms with van der Waals surface area (Å²) in [6.45, 7) is 5.85. The van der Waals surface area contributed by atoms with Crippen molar-refractivity contribution in [3.8, 4) is 0 Å². The Bertz CT molecular complexity index is 974. The zero-order chi connectivity index (χ0) is 22.1. The molecule has 2 N–H and O–H groups in total. The molecule has 0 radical (unpaired) electrons. The molecular formula is C20H25N3O6S. The quantitative estimate of drug-likeness (QED) is 0.317. The number of hydrogen-bond donors (Lipinski definition) is 2. The van der Waals surface area contributed by atoms with Gasteiger partial charge in [-0.05, 0) is 42.7 Å². The van der Waals surface area contributed by atoms with Gasteiger partial charge in [-0.25, -0.2) is 8.42 Å². The number of benzene rings is 2. The lowest BCUT2D eigenvalue weighted by molar-refractivity contribution is -0.385. The second-order valence-electron chi connectivity index (χ2n) is 7.02. The van der Waals surface area contributed by atoms with Crippen LogP contribution in [-0.2, 0) is 14.8 Å². The van der Waals surface area contributed by atoms with E-state index in [1.807, 2.05) is 0 Å². The smallest absolute Gasteiger partial charge is 0.270 e. The van der Waals surface area contributed by atoms with Gasteiger partial charge in [0, 0.05) is 43.1 Å². The average Bonchev–Trinajstić information content (AvgIpc) is 2.70. The van der Waals surface area contributed by atoms with Crippen LogP contribution in [0.4, 0.5) is 11.4 Å². The molecule has 0 fully saturated rings. The normalized spacial score (nSPS) is 11.3. The maximum absolute atomic E-state index is 12.4. The zero-order valence-electron chi connectivity index (χ0n) is 16.8. The fraction of sp³-hybridized carbons (Fsp3) is 0.350. The summed E-state index contributed by atoms with van der Waals surface area (Å²) in [5, 5.41) is 13.6. The number of carbonyl (C=O) groups excluding carboxylic acids is 1. The number of anilines is 1. The topological polar surface area (TPSA) is 128 Å². The van der Waals surface area contributed by atoms with Gasteiger partial charge in [0.25, 0.3) is 21.6 Å². The largest absolute Gasteiger partial charge is 0.381 e. The Balaban J connectivity index is 1.91. The molecule has 0 saturated heterocycles. The Morgan fingerprint density at radius 3 is 2.50 bits per heavy atom. The van der Waals surface area contributed by atoms with E-state index < -0.39 is 14.9 Å². The predicted octanol–water partition coefficient (Wildman–Crippen LogP) is 3.19. The third-order valence-electron chi connectivity index (χ3n) is 3.94. The van der Waals surface area contributed by atoms with Crippen molar-refractivity contribution in [2.45, 2.75) is 25.2 Å². The van der Waals surface area contributed by atoms with Gasteiger partial charge in [0.2, 0.25) is 0 Å². The molecule has 0 atom stereocenters. The van der Waals surface area contributed by atoms with Gasteiger partial charge in [0.1, 0.15) is 0 Å². The van der Waals surface area contributed by atoms with Crippen molar-refractivity contribution in [3.63, 3.8) is 0 Å². The van der Waals surface area contributed by atoms with Crippen LogP contribution in [0.1, 0.15) is 30.6 Å². The van der Waals surface area contributed by atoms with Crippen LogP contribution < -0.4 is 10.0 Å². The predicted molar refractivity (Wildman–Crippen MR) is 113 cm³/mol. The number of nitrogens with zero attached hydrogens (tertiary/aromatic N) is 1. The van der Waals surface area contributed by atoms with Crippen LogP contribution in [0.5, 0.6) is 0 Å². The second-order valence-corrected chi connectivity index (χ2v) is 8.70. The number of carbonyl (C=O) groups is 1. The van der Waals surface area contributed by atoms with Gasteiger partial charge in [-0.3, -0.25) is 19.6 Å². The van der Waals surface area contributed by atoms with E-state index >= 15 is 0 Å². The molecule has 30 heavy (non-hydrogen) atoms. The van der Waals surface area contributed by atoms with Gasteiger partial charge < -0.3 is 10.1 Å². The van der Waals surface area contributed by atoms with Crippen molar-refractivity contribution in [1.29, 1.82) is 0 Å². The summed E-state index contributed by atoms with van der Waals surface area (Å²) < 4.78 is 32.7. The molecule has 2 aromatic rings. The van der Waals surface area contributed by atoms with E-state index in [1.54, 1.807) is 0 Å². The van der Waals surface area contributed by atoms with Gasteiger partial charge in [-0.2, -0.15) is 0 Å². The SMILES string of the molecule is CC(C)COCCCNC(=O)c1ccc(NS(=O)(=O)c2cccc([N+](=O)[O-])c2)cc1. The summed E-state index contributed by atoms with van der Waals surface area (Å²) in [5.74, 6) is 0.194. The maximum Gasteiger partial charge on any atom is 0.270 e. The van der Waals surface area contributed by atoms with Crippen LogP contribution in [0.25, 0.3) is 0 Å². The van der Waals surface area contributed by atoms with Gasteiger partial charge in [-0.1, -0.05) is 19.9 Å². The number of amides is 1. The minimum Gasteiger partial charge on any atom is -0.381 e. The first-order valence-electron chi connectivity index (χ1n) is 9.42. The van der Waals surface area contributed by atoms with Crippen LogP contribution in [0.15, 0.2) is 53.4 Å². The molecule has 9 nitrogen and oxygen atoms in total. The molecule has 0 aliphatic rings. The Morgan fingerprint density at radius 1 is 1.17 bits per heavy atom. The lowest BCUT2D eigenvalue weighted by atomic mass is 10.2. The highest BCUT2D eigenvalue weighted by molar-refractivity contribution is 7.92. The van der Waals surface area contributed by atoms with Crippen molar-refractivity contribution in [3.05, 3.63) is 64.2 Å². The van der Waals surface area contributed by atoms with Crippen molar-refractivity contribution >= 4 is 27.3 Å². The molecule has 162 valence electrons. The molecule has 0 spiro atoms. The molecule has 2 aromatic carbocycles. The first-order valence-corrected chi connectivity index (χ1v) is 10.9. The standard InChI is InChI=1S/C20H25N3O6S/c1-15(2)14-29-12-4-11-21-20(24)16-7-9-17(10-8-16)22-30(27,28)19-6-3-5-18(13-19)23(25)26/h3,5-10,13,15,22H,4,11-12,14H2,1-2H3,(H,21,24). The van der Waals surface area contributed by atoms with Crippen molar-refractivity contribution in [1.82, 2.24) is 5.32 Å². The highest BCUT2D eigenvalue weighted by Crippen LogP contribution is 2.20. The molecular weight excluding hydrogens is 410 g/mol. The van der Waals surface area contributed by atoms with E-state index in [4.69, 9.17) is 4.74 Å². The molecule has 0 unspecified atom stereocenters. The Labute approximate surface area is 175 Å². The Kier molecular flexibility index (Phi) is 8.31. The number of sulfonamides is 1. The third kappa shape index (κ3) is 7.12. The monoisotopic (exact) mass is 435 g/mol. The Morgan fingerprint density at radius 2 is 1.87 bits per heavy atom. The van der Waals surface area contributed by atoms with E-state index in [-0.39, 0.29) is 22.2 Å². The molecule has 0 saturated carbocycles. The van der Waals surface area contributed by atoms with Crippen LogP contribution in [-0.4, -0.2) is 39.0 Å². The fourth-order valence-corrected chi connectivity index (χ4v) is 3.56. The number of nitro groups is 1. The summed E-state index contributed by atoms with van der Waals surface area (Å²) >= 11 is 0. The van der Waals surface area contributed by atoms with Gasteiger partial charge >= 0.3 is 0 Å². The van der Waals surface area contributed by atoms with Crippen molar-refractivity contribution in [2.24, 2.45) is 5.92 Å². The zero-order valence-corrected chi connectivity index (χ0v) is 17.6. The van der Waals surface area contributed by atoms with Crippen LogP contribution >= 0.6 is 0 Å². The molecule has 0 aliphatic carbocycles. The molecule has 0 heterocycles. The van der Waals surface area contributed by atoms with E-state index in [0.29, 0.717) is 37.7 Å². The van der Waals surface area contributed by atoms with Gasteiger partial charge in [-0.15, -0.1) is 0 Å². The highest BCUT2D eigenvalue weighted by Gasteiger charge is 2.18. The first-order chi connectivity index (χ1) is 14.2. The van der Waals surface area contributed by atoms with E-state index in [2.05, 4.69) is 23.9 Å². The number of nitro benzene ring substituents is 1. The summed E-state index contributed by atoms with van der Waals surface area (Å²) in [5.41, 5.74) is 0.302. The molecule has 2 rings (SSSR count). The fourth-order valence-electron chi connectivity index (χ4n) is 2.47. The van der Waals surface area contributed by atoms with E-state index in [9.17, 15) is 23.3 Å². The van der Waals surface area contributed by atoms with Crippen LogP contribution in [0.3, 0.4) is 0 Å². The number of nitrogens with one attached hydrogen (secondary N) is 2. The van der Waals surface area contributed by atoms with Gasteiger partial charge in [0.15, 0.2) is 0 Å². The van der Waals surface area contributed by atoms with Gasteiger partial charge in [0.05, 0.1) is 9.82 Å². The lowest BCUT2D eigenvalue weighted by Crippen LogP contribution is -2.25. The number of non-ortho nitro benzene ring substituents is 1. The molecule has 0 bridgehead atoms. The van der Waals surface area contributed by atoms with Crippen LogP contribution in [0.2, 0.25) is 0 Å². The summed E-state index contributed by atoms with van der Waals surface area (Å²) in [7, 11) is -4.00. The van der Waals surface area contributed by atoms with E-state index in [0.717, 1.165) is 6.07 Å². The van der Waals surface area contributed by atoms with E-state index in [1.165, 1.54) is 42.5 Å². The lowest BCUT2D eigenvalue weighted by Gasteiger charge is -2.10. The molecule has 0 aliphatic heterocycles. The Hall–Kier alpha value is -2.98. The second kappa shape index (κ2) is 10.7. The third-order valence-corrected chi connectivity index (χ3v) is 5.32. The summed E-state index contributed by atoms with van der Waals surface area (Å²) in [6, 6.07) is 10.7. The first kappa shape index (κ1) is 23.3. The maximum atomic E-state index is 12.4. The van der Waals surface area contributed by atoms with Crippen molar-refractivity contribution in [2.75, 3.05) is 24.5 Å². The molecule has 1 amide bonds. The summed E-state index contributed by atoms with van der Waals surface area (Å²) in [6.07, 6.45) is 0.694. The minimum absolute atomic E-state index is 0.224. The number of hydrogen-bond acceptors (Lipinski definition) is 6. The average molecular weight is 436 g/mol. The van der Waals surface area contributed by atoms with Crippen molar-refractivity contribution < 1.29 is 22.9 Å².